The van der Waals surface area contributed by atoms with Gasteiger partial charge < -0.3 is 30.1 Å². The molecule has 4 aromatic rings. The molecule has 0 atom stereocenters. The molecule has 0 saturated carbocycles. The van der Waals surface area contributed by atoms with Crippen LogP contribution in [0.1, 0.15) is 82.8 Å². The molecule has 1 aliphatic heterocycles. The van der Waals surface area contributed by atoms with Gasteiger partial charge in [0.05, 0.1) is 0 Å². The van der Waals surface area contributed by atoms with Crippen molar-refractivity contribution in [2.24, 2.45) is 0 Å². The van der Waals surface area contributed by atoms with E-state index in [-0.39, 0.29) is 32.3 Å². The van der Waals surface area contributed by atoms with Crippen LogP contribution in [0, 0.1) is 27.7 Å². The first-order valence-corrected chi connectivity index (χ1v) is 14.1. The molecular weight excluding hydrogens is 594 g/mol. The second kappa shape index (κ2) is 12.6. The van der Waals surface area contributed by atoms with Crippen LogP contribution in [0.3, 0.4) is 0 Å². The smallest absolute Gasteiger partial charge is 0.303 e. The van der Waals surface area contributed by atoms with Crippen LogP contribution in [0.5, 0.6) is 0 Å². The van der Waals surface area contributed by atoms with Crippen molar-refractivity contribution in [2.45, 2.75) is 67.2 Å². The molecule has 0 unspecified atom stereocenters. The molecule has 220 valence electrons. The molecule has 8 bridgehead atoms. The van der Waals surface area contributed by atoms with Crippen molar-refractivity contribution in [3.8, 4) is 0 Å². The molecule has 1 aliphatic rings. The van der Waals surface area contributed by atoms with Crippen molar-refractivity contribution in [2.75, 3.05) is 0 Å². The second-order valence-electron chi connectivity index (χ2n) is 10.8. The van der Waals surface area contributed by atoms with Gasteiger partial charge in [0.15, 0.2) is 0 Å². The number of carboxylic acid groups (broad SMARTS) is 2. The van der Waals surface area contributed by atoms with Crippen LogP contribution in [-0.4, -0.2) is 22.2 Å². The molecule has 0 aliphatic carbocycles. The zero-order valence-corrected chi connectivity index (χ0v) is 28.5. The number of fused-ring (bicyclic) bond motifs is 8. The number of nitrogens with zero attached hydrogens (tertiary/aromatic N) is 4. The van der Waals surface area contributed by atoms with E-state index in [0.29, 0.717) is 23.9 Å². The molecule has 0 radical (unpaired) electrons. The fraction of sp³-hybridized carbons (Fsp3) is 0.294. The van der Waals surface area contributed by atoms with Gasteiger partial charge in [0.1, 0.15) is 0 Å². The van der Waals surface area contributed by atoms with E-state index in [1.165, 1.54) is 0 Å². The van der Waals surface area contributed by atoms with E-state index in [0.717, 1.165) is 76.9 Å². The Morgan fingerprint density at radius 2 is 1.02 bits per heavy atom. The largest absolute Gasteiger partial charge is 0.657 e. The van der Waals surface area contributed by atoms with Crippen molar-refractivity contribution in [3.05, 3.63) is 88.0 Å². The minimum absolute atomic E-state index is 0. The average molecular weight is 628 g/mol. The first-order valence-electron chi connectivity index (χ1n) is 14.1. The van der Waals surface area contributed by atoms with Crippen LogP contribution in [-0.2, 0) is 41.9 Å². The van der Waals surface area contributed by atoms with Crippen molar-refractivity contribution in [3.63, 3.8) is 0 Å². The summed E-state index contributed by atoms with van der Waals surface area (Å²) in [5.74, 6) is -1.77. The molecule has 0 aromatic carbocycles. The first kappa shape index (κ1) is 31.8. The van der Waals surface area contributed by atoms with Crippen molar-refractivity contribution < 1.29 is 39.3 Å². The Bertz CT molecular complexity index is 2120. The Morgan fingerprint density at radius 1 is 0.581 bits per heavy atom. The van der Waals surface area contributed by atoms with E-state index < -0.39 is 11.9 Å². The maximum absolute atomic E-state index is 11.5. The number of hydrogen-bond acceptors (Lipinski definition) is 2. The summed E-state index contributed by atoms with van der Waals surface area (Å²) < 4.78 is 0. The minimum atomic E-state index is -0.886. The maximum atomic E-state index is 11.5. The van der Waals surface area contributed by atoms with Crippen molar-refractivity contribution in [1.82, 2.24) is 19.9 Å². The fourth-order valence-corrected chi connectivity index (χ4v) is 5.83. The van der Waals surface area contributed by atoms with Crippen LogP contribution >= 0.6 is 0 Å². The summed E-state index contributed by atoms with van der Waals surface area (Å²) in [5, 5.41) is 23.9. The Labute approximate surface area is 262 Å². The molecule has 8 nitrogen and oxygen atoms in total. The van der Waals surface area contributed by atoms with E-state index in [1.807, 2.05) is 65.0 Å². The summed E-state index contributed by atoms with van der Waals surface area (Å²) in [7, 11) is 0. The van der Waals surface area contributed by atoms with E-state index in [2.05, 4.69) is 13.0 Å². The monoisotopic (exact) mass is 626 g/mol. The van der Waals surface area contributed by atoms with Gasteiger partial charge in [0.25, 0.3) is 0 Å². The van der Waals surface area contributed by atoms with Gasteiger partial charge in [-0.15, -0.1) is 44.2 Å². The molecule has 9 heteroatoms. The third-order valence-corrected chi connectivity index (χ3v) is 8.23. The fourth-order valence-electron chi connectivity index (χ4n) is 5.83. The van der Waals surface area contributed by atoms with Gasteiger partial charge in [0, 0.05) is 32.3 Å². The first-order chi connectivity index (χ1) is 20.0. The van der Waals surface area contributed by atoms with Crippen LogP contribution in [0.2, 0.25) is 0 Å². The number of carbonyl (C=O) groups is 2. The molecule has 43 heavy (non-hydrogen) atoms. The molecule has 5 rings (SSSR count). The quantitative estimate of drug-likeness (QED) is 0.252. The number of aromatic nitrogens is 4. The van der Waals surface area contributed by atoms with Crippen LogP contribution in [0.15, 0.2) is 0 Å². The predicted octanol–water partition coefficient (Wildman–Crippen LogP) is 0.0104. The van der Waals surface area contributed by atoms with Gasteiger partial charge in [-0.2, -0.15) is 0 Å². The average Bonchev–Trinajstić information content (AvgIpc) is 3.59. The molecular formula is C34H34N4O4Zn-4. The van der Waals surface area contributed by atoms with E-state index >= 15 is 0 Å². The SMILES string of the molecule is C/C=c1/c(C)c2[n-]/c1=C\c1[n-]c(c(CCC(=O)O)c1C)/C=c1\[n-]/c(c(C)c1CCC(=O)O)=C\c1[n-]c(/c(=C\C)c1C)=C\2.[Zn]. The summed E-state index contributed by atoms with van der Waals surface area (Å²) in [4.78, 5) is 42.9. The zero-order valence-electron chi connectivity index (χ0n) is 25.5. The molecule has 0 fully saturated rings. The van der Waals surface area contributed by atoms with E-state index in [4.69, 9.17) is 19.9 Å². The Hall–Kier alpha value is -4.10. The Balaban J connectivity index is 0.00000423. The van der Waals surface area contributed by atoms with Crippen LogP contribution < -0.4 is 51.8 Å². The normalized spacial score (nSPS) is 16.2. The zero-order chi connectivity index (χ0) is 30.3. The third-order valence-electron chi connectivity index (χ3n) is 8.23. The van der Waals surface area contributed by atoms with E-state index in [9.17, 15) is 19.8 Å². The third kappa shape index (κ3) is 6.05. The Kier molecular flexibility index (Phi) is 9.36. The van der Waals surface area contributed by atoms with Gasteiger partial charge in [0.2, 0.25) is 0 Å². The molecule has 0 amide bonds. The Morgan fingerprint density at radius 3 is 1.51 bits per heavy atom. The van der Waals surface area contributed by atoms with Gasteiger partial charge in [-0.05, 0) is 64.8 Å². The summed E-state index contributed by atoms with van der Waals surface area (Å²) in [6.07, 6.45) is 12.4. The number of rotatable bonds is 6. The molecule has 0 saturated heterocycles. The van der Waals surface area contributed by atoms with Crippen molar-refractivity contribution in [1.29, 1.82) is 0 Å². The van der Waals surface area contributed by atoms with Crippen LogP contribution in [0.4, 0.5) is 0 Å². The topological polar surface area (TPSA) is 131 Å². The molecule has 4 aromatic heterocycles. The van der Waals surface area contributed by atoms with E-state index in [1.54, 1.807) is 0 Å². The second-order valence-corrected chi connectivity index (χ2v) is 10.8. The van der Waals surface area contributed by atoms with Crippen molar-refractivity contribution >= 4 is 48.4 Å². The minimum Gasteiger partial charge on any atom is -0.657 e. The standard InChI is InChI=1S/C34H34N4O4.Zn/c1-7-21-17(3)25-13-26-19(5)23(9-11-33(39)40)31(37-26)16-32-24(10-12-34(41)42)20(6)28(38-32)15-30-22(8-2)18(4)27(36-30)14-29(21)35-25;/h7-8,13-16H,9-12H2,1-6H3,(H,39,40)(H,41,42);/q-4;/b21-7-,22-8-,26-13-,29-14-,30-15-,31-16-;. The molecule has 0 spiro atoms. The van der Waals surface area contributed by atoms with Gasteiger partial charge in [-0.3, -0.25) is 9.59 Å². The summed E-state index contributed by atoms with van der Waals surface area (Å²) in [6.45, 7) is 12.0. The predicted molar refractivity (Wildman–Crippen MR) is 162 cm³/mol. The summed E-state index contributed by atoms with van der Waals surface area (Å²) in [6, 6.07) is 0. The number of aliphatic carboxylic acids is 2. The number of carboxylic acids is 2. The molecule has 5 heterocycles. The van der Waals surface area contributed by atoms with Gasteiger partial charge >= 0.3 is 11.9 Å². The number of hydrogen-bond donors (Lipinski definition) is 2. The summed E-state index contributed by atoms with van der Waals surface area (Å²) in [5.41, 5.74) is 8.51. The van der Waals surface area contributed by atoms with Gasteiger partial charge in [-0.25, -0.2) is 0 Å². The summed E-state index contributed by atoms with van der Waals surface area (Å²) >= 11 is 0. The van der Waals surface area contributed by atoms with Crippen LogP contribution in [0.25, 0.3) is 36.5 Å². The molecule has 2 N–H and O–H groups in total. The maximum Gasteiger partial charge on any atom is 0.303 e. The van der Waals surface area contributed by atoms with Gasteiger partial charge in [-0.1, -0.05) is 69.8 Å².